The van der Waals surface area contributed by atoms with Gasteiger partial charge in [-0.05, 0) is 43.7 Å². The fraction of sp³-hybridized carbons (Fsp3) is 0.409. The Balaban J connectivity index is 1.70. The summed E-state index contributed by atoms with van der Waals surface area (Å²) < 4.78 is 0. The molecule has 3 N–H and O–H groups in total. The minimum atomic E-state index is 0.0185. The van der Waals surface area contributed by atoms with Crippen molar-refractivity contribution in [2.24, 2.45) is 0 Å². The average molecular weight is 393 g/mol. The maximum Gasteiger partial charge on any atom is 0.254 e. The van der Waals surface area contributed by atoms with Crippen molar-refractivity contribution in [1.29, 1.82) is 0 Å². The van der Waals surface area contributed by atoms with Gasteiger partial charge in [0, 0.05) is 36.9 Å². The van der Waals surface area contributed by atoms with Crippen molar-refractivity contribution in [1.82, 2.24) is 25.4 Å². The Morgan fingerprint density at radius 1 is 1.31 bits per heavy atom. The predicted octanol–water partition coefficient (Wildman–Crippen LogP) is 3.24. The molecule has 1 aromatic carbocycles. The van der Waals surface area contributed by atoms with Crippen LogP contribution in [0.4, 0.5) is 0 Å². The summed E-state index contributed by atoms with van der Waals surface area (Å²) in [5, 5.41) is 21.1. The first-order valence-electron chi connectivity index (χ1n) is 10.2. The monoisotopic (exact) mass is 393 g/mol. The van der Waals surface area contributed by atoms with E-state index in [1.807, 2.05) is 17.9 Å². The van der Waals surface area contributed by atoms with E-state index in [-0.39, 0.29) is 11.7 Å². The molecule has 29 heavy (non-hydrogen) atoms. The predicted molar refractivity (Wildman–Crippen MR) is 113 cm³/mol. The number of phenols is 1. The molecule has 1 unspecified atom stereocenters. The molecule has 7 heteroatoms. The summed E-state index contributed by atoms with van der Waals surface area (Å²) in [4.78, 5) is 20.1. The molecule has 1 saturated heterocycles. The molecule has 1 atom stereocenters. The van der Waals surface area contributed by atoms with Gasteiger partial charge in [-0.25, -0.2) is 4.98 Å². The third kappa shape index (κ3) is 3.96. The minimum absolute atomic E-state index is 0.0185. The molecule has 3 aromatic rings. The Morgan fingerprint density at radius 3 is 2.86 bits per heavy atom. The number of aromatic nitrogens is 3. The second-order valence-electron chi connectivity index (χ2n) is 7.69. The molecule has 1 aliphatic rings. The van der Waals surface area contributed by atoms with Gasteiger partial charge in [-0.2, -0.15) is 5.10 Å². The number of H-pyrrole nitrogens is 1. The number of pyridine rings is 1. The van der Waals surface area contributed by atoms with Crippen LogP contribution in [0.3, 0.4) is 0 Å². The molecule has 1 fully saturated rings. The van der Waals surface area contributed by atoms with Crippen LogP contribution in [0, 0.1) is 6.92 Å². The number of nitrogens with zero attached hydrogens (tertiary/aromatic N) is 3. The first kappa shape index (κ1) is 19.4. The normalized spacial score (nSPS) is 17.0. The zero-order valence-electron chi connectivity index (χ0n) is 16.9. The van der Waals surface area contributed by atoms with E-state index in [0.717, 1.165) is 42.5 Å². The maximum absolute atomic E-state index is 13.5. The Kier molecular flexibility index (Phi) is 5.49. The Hall–Kier alpha value is -2.93. The number of hydrogen-bond acceptors (Lipinski definition) is 5. The number of aromatic amines is 1. The average Bonchev–Trinajstić information content (AvgIpc) is 3.12. The molecule has 3 heterocycles. The van der Waals surface area contributed by atoms with E-state index >= 15 is 0 Å². The standard InChI is InChI=1S/C22H27N5O2/c1-3-4-5-16-13-27(11-10-23-16)22(29)18-12-19(15-6-8-17(28)9-7-15)24-21-20(18)14(2)25-26-21/h6-9,12,16,23,28H,3-5,10-11,13H2,1-2H3,(H,24,25,26). The van der Waals surface area contributed by atoms with Crippen LogP contribution in [0.15, 0.2) is 30.3 Å². The van der Waals surface area contributed by atoms with Gasteiger partial charge in [0.15, 0.2) is 5.65 Å². The van der Waals surface area contributed by atoms with Crippen LogP contribution < -0.4 is 5.32 Å². The molecule has 1 amide bonds. The van der Waals surface area contributed by atoms with Crippen molar-refractivity contribution in [2.75, 3.05) is 19.6 Å². The van der Waals surface area contributed by atoms with Gasteiger partial charge in [0.2, 0.25) is 0 Å². The summed E-state index contributed by atoms with van der Waals surface area (Å²) in [6, 6.07) is 9.02. The SMILES string of the molecule is CCCCC1CN(C(=O)c2cc(-c3ccc(O)cc3)nc3n[nH]c(C)c23)CCN1. The molecule has 4 rings (SSSR count). The number of rotatable bonds is 5. The number of aromatic hydroxyl groups is 1. The van der Waals surface area contributed by atoms with Crippen molar-refractivity contribution < 1.29 is 9.90 Å². The number of amides is 1. The molecule has 0 spiro atoms. The Morgan fingerprint density at radius 2 is 2.10 bits per heavy atom. The number of piperazine rings is 1. The van der Waals surface area contributed by atoms with Crippen molar-refractivity contribution in [2.45, 2.75) is 39.2 Å². The summed E-state index contributed by atoms with van der Waals surface area (Å²) in [5.41, 5.74) is 3.51. The number of hydrogen-bond donors (Lipinski definition) is 3. The lowest BCUT2D eigenvalue weighted by molar-refractivity contribution is 0.0700. The van der Waals surface area contributed by atoms with E-state index in [4.69, 9.17) is 0 Å². The van der Waals surface area contributed by atoms with E-state index in [9.17, 15) is 9.90 Å². The minimum Gasteiger partial charge on any atom is -0.508 e. The molecule has 152 valence electrons. The summed E-state index contributed by atoms with van der Waals surface area (Å²) in [6.07, 6.45) is 3.39. The van der Waals surface area contributed by atoms with E-state index in [1.165, 1.54) is 0 Å². The number of benzene rings is 1. The van der Waals surface area contributed by atoms with Gasteiger partial charge in [-0.15, -0.1) is 0 Å². The van der Waals surface area contributed by atoms with Gasteiger partial charge in [0.1, 0.15) is 5.75 Å². The first-order valence-corrected chi connectivity index (χ1v) is 10.2. The van der Waals surface area contributed by atoms with E-state index in [1.54, 1.807) is 24.3 Å². The highest BCUT2D eigenvalue weighted by molar-refractivity contribution is 6.07. The highest BCUT2D eigenvalue weighted by atomic mass is 16.3. The lowest BCUT2D eigenvalue weighted by atomic mass is 10.0. The van der Waals surface area contributed by atoms with E-state index in [2.05, 4.69) is 27.4 Å². The molecule has 2 aromatic heterocycles. The van der Waals surface area contributed by atoms with Crippen LogP contribution in [-0.4, -0.2) is 56.8 Å². The van der Waals surface area contributed by atoms with Crippen molar-refractivity contribution in [3.63, 3.8) is 0 Å². The molecular weight excluding hydrogens is 366 g/mol. The molecule has 0 saturated carbocycles. The third-order valence-electron chi connectivity index (χ3n) is 5.55. The van der Waals surface area contributed by atoms with Gasteiger partial charge in [-0.1, -0.05) is 19.8 Å². The lowest BCUT2D eigenvalue weighted by Crippen LogP contribution is -2.52. The summed E-state index contributed by atoms with van der Waals surface area (Å²) in [5.74, 6) is 0.214. The highest BCUT2D eigenvalue weighted by Crippen LogP contribution is 2.28. The molecule has 0 radical (unpaired) electrons. The zero-order chi connectivity index (χ0) is 20.4. The largest absolute Gasteiger partial charge is 0.508 e. The van der Waals surface area contributed by atoms with Gasteiger partial charge < -0.3 is 15.3 Å². The Bertz CT molecular complexity index is 1010. The molecule has 1 aliphatic heterocycles. The van der Waals surface area contributed by atoms with Crippen LogP contribution in [0.25, 0.3) is 22.3 Å². The second kappa shape index (κ2) is 8.21. The molecular formula is C22H27N5O2. The fourth-order valence-electron chi connectivity index (χ4n) is 3.95. The number of phenolic OH excluding ortho intramolecular Hbond substituents is 1. The topological polar surface area (TPSA) is 94.1 Å². The fourth-order valence-corrected chi connectivity index (χ4v) is 3.95. The van der Waals surface area contributed by atoms with Crippen LogP contribution in [0.2, 0.25) is 0 Å². The number of fused-ring (bicyclic) bond motifs is 1. The van der Waals surface area contributed by atoms with Crippen molar-refractivity contribution in [3.8, 4) is 17.0 Å². The van der Waals surface area contributed by atoms with Crippen LogP contribution in [-0.2, 0) is 0 Å². The number of nitrogens with one attached hydrogen (secondary N) is 2. The number of carbonyl (C=O) groups excluding carboxylic acids is 1. The number of carbonyl (C=O) groups is 1. The van der Waals surface area contributed by atoms with Gasteiger partial charge in [0.25, 0.3) is 5.91 Å². The molecule has 7 nitrogen and oxygen atoms in total. The van der Waals surface area contributed by atoms with Crippen molar-refractivity contribution >= 4 is 16.9 Å². The quantitative estimate of drug-likeness (QED) is 0.619. The highest BCUT2D eigenvalue weighted by Gasteiger charge is 2.27. The molecule has 0 bridgehead atoms. The zero-order valence-corrected chi connectivity index (χ0v) is 16.9. The summed E-state index contributed by atoms with van der Waals surface area (Å²) in [6.45, 7) is 6.32. The van der Waals surface area contributed by atoms with E-state index < -0.39 is 0 Å². The smallest absolute Gasteiger partial charge is 0.254 e. The molecule has 0 aliphatic carbocycles. The van der Waals surface area contributed by atoms with Gasteiger partial charge in [-0.3, -0.25) is 9.89 Å². The lowest BCUT2D eigenvalue weighted by Gasteiger charge is -2.34. The van der Waals surface area contributed by atoms with Crippen molar-refractivity contribution in [3.05, 3.63) is 41.6 Å². The van der Waals surface area contributed by atoms with Crippen LogP contribution in [0.1, 0.15) is 42.2 Å². The van der Waals surface area contributed by atoms with E-state index in [0.29, 0.717) is 36.0 Å². The second-order valence-corrected chi connectivity index (χ2v) is 7.69. The number of unbranched alkanes of at least 4 members (excludes halogenated alkanes) is 1. The van der Waals surface area contributed by atoms with Gasteiger partial charge >= 0.3 is 0 Å². The maximum atomic E-state index is 13.5. The van der Waals surface area contributed by atoms with Crippen LogP contribution in [0.5, 0.6) is 5.75 Å². The first-order chi connectivity index (χ1) is 14.1. The summed E-state index contributed by atoms with van der Waals surface area (Å²) in [7, 11) is 0. The summed E-state index contributed by atoms with van der Waals surface area (Å²) >= 11 is 0. The third-order valence-corrected chi connectivity index (χ3v) is 5.55. The van der Waals surface area contributed by atoms with Gasteiger partial charge in [0.05, 0.1) is 16.6 Å². The van der Waals surface area contributed by atoms with Crippen LogP contribution >= 0.6 is 0 Å². The Labute approximate surface area is 170 Å². The number of aryl methyl sites for hydroxylation is 1.